The van der Waals surface area contributed by atoms with Crippen LogP contribution in [0, 0.1) is 0 Å². The molecule has 2 aromatic heterocycles. The summed E-state index contributed by atoms with van der Waals surface area (Å²) >= 11 is 5.73. The third-order valence-electron chi connectivity index (χ3n) is 3.58. The standard InChI is InChI=1S/C14H14ClF3N4/c1-21-8-11-10(20-21)3-2-4-22(11)7-9-5-12(14(16,17)18)19-13(15)6-9/h5-6,8H,2-4,7H2,1H3. The van der Waals surface area contributed by atoms with Gasteiger partial charge in [0.05, 0.1) is 11.4 Å². The molecule has 1 aliphatic rings. The summed E-state index contributed by atoms with van der Waals surface area (Å²) in [5, 5.41) is 4.23. The molecule has 0 unspecified atom stereocenters. The first-order chi connectivity index (χ1) is 10.3. The van der Waals surface area contributed by atoms with Gasteiger partial charge < -0.3 is 4.90 Å². The normalized spacial score (nSPS) is 15.0. The van der Waals surface area contributed by atoms with Gasteiger partial charge in [-0.05, 0) is 30.5 Å². The molecule has 2 aromatic rings. The Morgan fingerprint density at radius 2 is 2.09 bits per heavy atom. The maximum Gasteiger partial charge on any atom is 0.433 e. The number of fused-ring (bicyclic) bond motifs is 1. The summed E-state index contributed by atoms with van der Waals surface area (Å²) in [5.74, 6) is 0. The number of alkyl halides is 3. The molecule has 4 nitrogen and oxygen atoms in total. The minimum Gasteiger partial charge on any atom is -0.364 e. The summed E-state index contributed by atoms with van der Waals surface area (Å²) in [5.41, 5.74) is 1.47. The molecule has 0 atom stereocenters. The van der Waals surface area contributed by atoms with Gasteiger partial charge in [-0.3, -0.25) is 4.68 Å². The number of pyridine rings is 1. The van der Waals surface area contributed by atoms with Crippen LogP contribution in [0.1, 0.15) is 23.4 Å². The van der Waals surface area contributed by atoms with Crippen molar-refractivity contribution in [3.63, 3.8) is 0 Å². The summed E-state index contributed by atoms with van der Waals surface area (Å²) in [7, 11) is 1.83. The molecular weight excluding hydrogens is 317 g/mol. The fourth-order valence-electron chi connectivity index (χ4n) is 2.69. The number of aryl methyl sites for hydroxylation is 2. The summed E-state index contributed by atoms with van der Waals surface area (Å²) in [6, 6.07) is 2.53. The highest BCUT2D eigenvalue weighted by Crippen LogP contribution is 2.31. The van der Waals surface area contributed by atoms with Crippen LogP contribution in [0.15, 0.2) is 18.3 Å². The quantitative estimate of drug-likeness (QED) is 0.791. The van der Waals surface area contributed by atoms with Gasteiger partial charge in [0.25, 0.3) is 0 Å². The van der Waals surface area contributed by atoms with Crippen LogP contribution in [0.2, 0.25) is 5.15 Å². The Labute approximate surface area is 130 Å². The Balaban J connectivity index is 1.89. The second kappa shape index (κ2) is 5.46. The maximum atomic E-state index is 12.8. The van der Waals surface area contributed by atoms with E-state index in [1.54, 1.807) is 4.68 Å². The lowest BCUT2D eigenvalue weighted by atomic mass is 10.1. The molecular formula is C14H14ClF3N4. The first kappa shape index (κ1) is 15.1. The molecule has 1 aliphatic heterocycles. The Morgan fingerprint density at radius 3 is 2.82 bits per heavy atom. The fourth-order valence-corrected chi connectivity index (χ4v) is 2.92. The Bertz CT molecular complexity index is 696. The molecule has 0 saturated heterocycles. The number of halogens is 4. The van der Waals surface area contributed by atoms with Crippen molar-refractivity contribution in [3.8, 4) is 0 Å². The van der Waals surface area contributed by atoms with Crippen molar-refractivity contribution in [3.05, 3.63) is 40.4 Å². The van der Waals surface area contributed by atoms with Gasteiger partial charge in [0, 0.05) is 26.3 Å². The predicted molar refractivity (Wildman–Crippen MR) is 76.8 cm³/mol. The smallest absolute Gasteiger partial charge is 0.364 e. The second-order valence-corrected chi connectivity index (χ2v) is 5.73. The van der Waals surface area contributed by atoms with E-state index in [1.807, 2.05) is 18.1 Å². The van der Waals surface area contributed by atoms with Crippen molar-refractivity contribution in [2.24, 2.45) is 7.05 Å². The number of nitrogens with zero attached hydrogens (tertiary/aromatic N) is 4. The molecule has 0 saturated carbocycles. The third-order valence-corrected chi connectivity index (χ3v) is 3.78. The van der Waals surface area contributed by atoms with Crippen LogP contribution in [-0.2, 0) is 26.2 Å². The predicted octanol–water partition coefficient (Wildman–Crippen LogP) is 3.44. The first-order valence-electron chi connectivity index (χ1n) is 6.84. The molecule has 0 bridgehead atoms. The molecule has 8 heteroatoms. The number of aromatic nitrogens is 3. The highest BCUT2D eigenvalue weighted by atomic mass is 35.5. The second-order valence-electron chi connectivity index (χ2n) is 5.34. The lowest BCUT2D eigenvalue weighted by molar-refractivity contribution is -0.141. The van der Waals surface area contributed by atoms with Gasteiger partial charge in [-0.25, -0.2) is 4.98 Å². The van der Waals surface area contributed by atoms with Crippen LogP contribution >= 0.6 is 11.6 Å². The van der Waals surface area contributed by atoms with E-state index in [1.165, 1.54) is 6.07 Å². The van der Waals surface area contributed by atoms with Gasteiger partial charge in [-0.2, -0.15) is 18.3 Å². The van der Waals surface area contributed by atoms with Gasteiger partial charge in [0.1, 0.15) is 10.8 Å². The topological polar surface area (TPSA) is 34.0 Å². The van der Waals surface area contributed by atoms with Crippen LogP contribution in [0.4, 0.5) is 18.9 Å². The molecule has 0 N–H and O–H groups in total. The van der Waals surface area contributed by atoms with Gasteiger partial charge in [0.2, 0.25) is 0 Å². The van der Waals surface area contributed by atoms with Gasteiger partial charge in [0.15, 0.2) is 0 Å². The van der Waals surface area contributed by atoms with Crippen molar-refractivity contribution in [1.82, 2.24) is 14.8 Å². The summed E-state index contributed by atoms with van der Waals surface area (Å²) in [6.45, 7) is 1.13. The lowest BCUT2D eigenvalue weighted by Gasteiger charge is -2.28. The molecule has 0 amide bonds. The van der Waals surface area contributed by atoms with E-state index in [9.17, 15) is 13.2 Å². The van der Waals surface area contributed by atoms with Gasteiger partial charge in [-0.15, -0.1) is 0 Å². The zero-order valence-electron chi connectivity index (χ0n) is 11.9. The minimum atomic E-state index is -4.50. The summed E-state index contributed by atoms with van der Waals surface area (Å²) in [4.78, 5) is 5.38. The van der Waals surface area contributed by atoms with Crippen molar-refractivity contribution in [1.29, 1.82) is 0 Å². The molecule has 0 fully saturated rings. The number of hydrogen-bond acceptors (Lipinski definition) is 3. The molecule has 0 aliphatic carbocycles. The van der Waals surface area contributed by atoms with E-state index in [4.69, 9.17) is 11.6 Å². The van der Waals surface area contributed by atoms with Crippen molar-refractivity contribution < 1.29 is 13.2 Å². The zero-order valence-corrected chi connectivity index (χ0v) is 12.6. The molecule has 118 valence electrons. The highest BCUT2D eigenvalue weighted by molar-refractivity contribution is 6.29. The molecule has 3 heterocycles. The zero-order chi connectivity index (χ0) is 15.9. The average molecular weight is 331 g/mol. The average Bonchev–Trinajstić information content (AvgIpc) is 2.78. The van der Waals surface area contributed by atoms with Crippen LogP contribution in [0.5, 0.6) is 0 Å². The van der Waals surface area contributed by atoms with E-state index >= 15 is 0 Å². The Hall–Kier alpha value is -1.76. The van der Waals surface area contributed by atoms with E-state index in [0.717, 1.165) is 36.8 Å². The van der Waals surface area contributed by atoms with Gasteiger partial charge >= 0.3 is 6.18 Å². The van der Waals surface area contributed by atoms with Crippen LogP contribution in [0.25, 0.3) is 0 Å². The maximum absolute atomic E-state index is 12.8. The Kier molecular flexibility index (Phi) is 3.76. The van der Waals surface area contributed by atoms with Crippen molar-refractivity contribution in [2.75, 3.05) is 11.4 Å². The van der Waals surface area contributed by atoms with Crippen LogP contribution in [-0.4, -0.2) is 21.3 Å². The van der Waals surface area contributed by atoms with Crippen molar-refractivity contribution in [2.45, 2.75) is 25.6 Å². The SMILES string of the molecule is Cn1cc2c(n1)CCCN2Cc1cc(Cl)nc(C(F)(F)F)c1. The molecule has 0 aromatic carbocycles. The largest absolute Gasteiger partial charge is 0.433 e. The molecule has 22 heavy (non-hydrogen) atoms. The number of rotatable bonds is 2. The summed E-state index contributed by atoms with van der Waals surface area (Å²) in [6.07, 6.45) is -0.796. The number of anilines is 1. The van der Waals surface area contributed by atoms with E-state index < -0.39 is 11.9 Å². The van der Waals surface area contributed by atoms with Crippen LogP contribution in [0.3, 0.4) is 0 Å². The van der Waals surface area contributed by atoms with Gasteiger partial charge in [-0.1, -0.05) is 11.6 Å². The monoisotopic (exact) mass is 330 g/mol. The Morgan fingerprint density at radius 1 is 1.32 bits per heavy atom. The fraction of sp³-hybridized carbons (Fsp3) is 0.429. The van der Waals surface area contributed by atoms with E-state index in [-0.39, 0.29) is 5.15 Å². The molecule has 3 rings (SSSR count). The summed E-state index contributed by atoms with van der Waals surface area (Å²) < 4.78 is 40.2. The van der Waals surface area contributed by atoms with Crippen molar-refractivity contribution >= 4 is 17.3 Å². The van der Waals surface area contributed by atoms with E-state index in [0.29, 0.717) is 12.1 Å². The lowest BCUT2D eigenvalue weighted by Crippen LogP contribution is -2.28. The minimum absolute atomic E-state index is 0.145. The molecule has 0 spiro atoms. The number of hydrogen-bond donors (Lipinski definition) is 0. The first-order valence-corrected chi connectivity index (χ1v) is 7.22. The van der Waals surface area contributed by atoms with Crippen LogP contribution < -0.4 is 4.90 Å². The molecule has 0 radical (unpaired) electrons. The highest BCUT2D eigenvalue weighted by Gasteiger charge is 2.33. The third kappa shape index (κ3) is 3.04. The van der Waals surface area contributed by atoms with E-state index in [2.05, 4.69) is 10.1 Å².